The van der Waals surface area contributed by atoms with E-state index in [1.54, 1.807) is 0 Å². The topological polar surface area (TPSA) is 45.7 Å². The molecular weight excluding hydrogens is 374 g/mol. The first-order valence-electron chi connectivity index (χ1n) is 11.3. The van der Waals surface area contributed by atoms with Gasteiger partial charge in [0.1, 0.15) is 11.9 Å². The molecule has 2 aromatic rings. The third-order valence-electron chi connectivity index (χ3n) is 6.35. The van der Waals surface area contributed by atoms with Crippen molar-refractivity contribution in [2.24, 2.45) is 0 Å². The Morgan fingerprint density at radius 2 is 1.90 bits per heavy atom. The minimum Gasteiger partial charge on any atom is -0.490 e. The Labute approximate surface area is 180 Å². The number of benzene rings is 1. The summed E-state index contributed by atoms with van der Waals surface area (Å²) in [4.78, 5) is 21.7. The Balaban J connectivity index is 1.28. The molecule has 2 aliphatic heterocycles. The Morgan fingerprint density at radius 3 is 2.60 bits per heavy atom. The quantitative estimate of drug-likeness (QED) is 0.723. The average Bonchev–Trinajstić information content (AvgIpc) is 3.30. The number of nitrogens with zero attached hydrogens (tertiary/aromatic N) is 3. The maximum Gasteiger partial charge on any atom is 0.253 e. The molecule has 1 aromatic heterocycles. The van der Waals surface area contributed by atoms with Crippen LogP contribution in [-0.2, 0) is 6.42 Å². The molecule has 1 atom stereocenters. The number of aromatic nitrogens is 1. The molecule has 2 fully saturated rings. The minimum atomic E-state index is 0.131. The highest BCUT2D eigenvalue weighted by Crippen LogP contribution is 2.23. The third-order valence-corrected chi connectivity index (χ3v) is 6.35. The van der Waals surface area contributed by atoms with E-state index in [-0.39, 0.29) is 12.0 Å². The first-order valence-corrected chi connectivity index (χ1v) is 11.3. The van der Waals surface area contributed by atoms with E-state index >= 15 is 0 Å². The van der Waals surface area contributed by atoms with Crippen molar-refractivity contribution in [3.05, 3.63) is 59.4 Å². The van der Waals surface area contributed by atoms with Crippen molar-refractivity contribution in [1.82, 2.24) is 14.8 Å². The molecule has 5 heteroatoms. The summed E-state index contributed by atoms with van der Waals surface area (Å²) in [6, 6.07) is 12.5. The van der Waals surface area contributed by atoms with Gasteiger partial charge in [-0.2, -0.15) is 0 Å². The molecule has 0 saturated carbocycles. The Morgan fingerprint density at radius 1 is 1.13 bits per heavy atom. The molecule has 5 nitrogen and oxygen atoms in total. The van der Waals surface area contributed by atoms with Gasteiger partial charge in [0.2, 0.25) is 0 Å². The van der Waals surface area contributed by atoms with Crippen LogP contribution in [0.2, 0.25) is 0 Å². The van der Waals surface area contributed by atoms with Crippen LogP contribution in [0.5, 0.6) is 5.75 Å². The van der Waals surface area contributed by atoms with Gasteiger partial charge >= 0.3 is 0 Å². The highest BCUT2D eigenvalue weighted by atomic mass is 16.5. The van der Waals surface area contributed by atoms with Crippen molar-refractivity contribution < 1.29 is 9.53 Å². The summed E-state index contributed by atoms with van der Waals surface area (Å²) in [6.45, 7) is 8.17. The molecule has 3 heterocycles. The van der Waals surface area contributed by atoms with Crippen LogP contribution in [-0.4, -0.2) is 59.0 Å². The van der Waals surface area contributed by atoms with Gasteiger partial charge in [-0.3, -0.25) is 14.7 Å². The Kier molecular flexibility index (Phi) is 6.68. The molecule has 0 spiro atoms. The molecule has 0 unspecified atom stereocenters. The van der Waals surface area contributed by atoms with E-state index in [1.165, 1.54) is 5.56 Å². The van der Waals surface area contributed by atoms with E-state index in [0.717, 1.165) is 75.3 Å². The fourth-order valence-electron chi connectivity index (χ4n) is 4.48. The molecule has 1 aromatic carbocycles. The fourth-order valence-corrected chi connectivity index (χ4v) is 4.48. The smallest absolute Gasteiger partial charge is 0.253 e. The maximum atomic E-state index is 12.6. The largest absolute Gasteiger partial charge is 0.490 e. The van der Waals surface area contributed by atoms with Gasteiger partial charge in [-0.25, -0.2) is 0 Å². The maximum absolute atomic E-state index is 12.6. The molecular formula is C25H33N3O2. The number of amides is 1. The number of aryl methyl sites for hydroxylation is 1. The molecule has 0 N–H and O–H groups in total. The summed E-state index contributed by atoms with van der Waals surface area (Å²) in [7, 11) is 0. The van der Waals surface area contributed by atoms with E-state index in [0.29, 0.717) is 6.04 Å². The van der Waals surface area contributed by atoms with Gasteiger partial charge in [0, 0.05) is 56.1 Å². The molecule has 30 heavy (non-hydrogen) atoms. The lowest BCUT2D eigenvalue weighted by Crippen LogP contribution is -2.43. The number of carbonyl (C=O) groups is 1. The summed E-state index contributed by atoms with van der Waals surface area (Å²) >= 11 is 0. The highest BCUT2D eigenvalue weighted by molar-refractivity contribution is 5.94. The summed E-state index contributed by atoms with van der Waals surface area (Å²) in [5.74, 6) is 0.946. The number of ether oxygens (including phenoxy) is 1. The van der Waals surface area contributed by atoms with Crippen LogP contribution in [0.15, 0.2) is 42.6 Å². The number of hydrogen-bond acceptors (Lipinski definition) is 4. The lowest BCUT2D eigenvalue weighted by atomic mass is 10.0. The van der Waals surface area contributed by atoms with Crippen LogP contribution in [0.3, 0.4) is 0 Å². The second-order valence-corrected chi connectivity index (χ2v) is 8.76. The van der Waals surface area contributed by atoms with Crippen molar-refractivity contribution in [2.45, 2.75) is 58.1 Å². The zero-order chi connectivity index (χ0) is 20.9. The van der Waals surface area contributed by atoms with Crippen molar-refractivity contribution in [3.8, 4) is 5.75 Å². The third kappa shape index (κ3) is 5.20. The lowest BCUT2D eigenvalue weighted by Gasteiger charge is -2.36. The van der Waals surface area contributed by atoms with Gasteiger partial charge in [-0.05, 0) is 69.4 Å². The minimum absolute atomic E-state index is 0.131. The molecule has 1 amide bonds. The number of piperidine rings is 1. The second kappa shape index (κ2) is 9.61. The first-order chi connectivity index (χ1) is 14.6. The molecule has 0 aliphatic carbocycles. The molecule has 4 rings (SSSR count). The van der Waals surface area contributed by atoms with Crippen LogP contribution in [0.1, 0.15) is 54.2 Å². The number of carbonyl (C=O) groups excluding carboxylic acids is 1. The van der Waals surface area contributed by atoms with Crippen LogP contribution in [0.4, 0.5) is 0 Å². The van der Waals surface area contributed by atoms with E-state index in [4.69, 9.17) is 4.74 Å². The fraction of sp³-hybridized carbons (Fsp3) is 0.520. The van der Waals surface area contributed by atoms with Crippen molar-refractivity contribution >= 4 is 5.91 Å². The Bertz CT molecular complexity index is 838. The zero-order valence-corrected chi connectivity index (χ0v) is 18.2. The van der Waals surface area contributed by atoms with Crippen molar-refractivity contribution in [1.29, 1.82) is 0 Å². The lowest BCUT2D eigenvalue weighted by molar-refractivity contribution is 0.0771. The Hall–Kier alpha value is -2.40. The summed E-state index contributed by atoms with van der Waals surface area (Å²) < 4.78 is 6.26. The number of rotatable bonds is 6. The van der Waals surface area contributed by atoms with E-state index in [9.17, 15) is 4.79 Å². The molecule has 2 saturated heterocycles. The first kappa shape index (κ1) is 20.9. The van der Waals surface area contributed by atoms with Gasteiger partial charge in [0.15, 0.2) is 0 Å². The van der Waals surface area contributed by atoms with Crippen LogP contribution < -0.4 is 4.74 Å². The standard InChI is InChI=1S/C25H33N3O2/c1-19-8-9-22(26-18-19)16-20(2)27-14-10-23(11-15-27)30-24-7-5-6-21(17-24)25(29)28-12-3-4-13-28/h5-9,17-18,20,23H,3-4,10-16H2,1-2H3/t20-/m1/s1. The zero-order valence-electron chi connectivity index (χ0n) is 18.2. The molecule has 0 radical (unpaired) electrons. The van der Waals surface area contributed by atoms with Crippen molar-refractivity contribution in [2.75, 3.05) is 26.2 Å². The number of pyridine rings is 1. The number of hydrogen-bond donors (Lipinski definition) is 0. The molecule has 0 bridgehead atoms. The van der Waals surface area contributed by atoms with Crippen LogP contribution in [0.25, 0.3) is 0 Å². The monoisotopic (exact) mass is 407 g/mol. The summed E-state index contributed by atoms with van der Waals surface area (Å²) in [6.07, 6.45) is 7.38. The van der Waals surface area contributed by atoms with Gasteiger partial charge < -0.3 is 9.64 Å². The van der Waals surface area contributed by atoms with E-state index < -0.39 is 0 Å². The number of likely N-dealkylation sites (tertiary alicyclic amines) is 2. The van der Waals surface area contributed by atoms with Crippen LogP contribution in [0, 0.1) is 6.92 Å². The molecule has 160 valence electrons. The normalized spacial score (nSPS) is 19.1. The van der Waals surface area contributed by atoms with Gasteiger partial charge in [-0.15, -0.1) is 0 Å². The van der Waals surface area contributed by atoms with E-state index in [1.807, 2.05) is 35.4 Å². The SMILES string of the molecule is Cc1ccc(C[C@@H](C)N2CCC(Oc3cccc(C(=O)N4CCCC4)c3)CC2)nc1. The van der Waals surface area contributed by atoms with Crippen LogP contribution >= 0.6 is 0 Å². The van der Waals surface area contributed by atoms with E-state index in [2.05, 4.69) is 35.9 Å². The van der Waals surface area contributed by atoms with Crippen molar-refractivity contribution in [3.63, 3.8) is 0 Å². The second-order valence-electron chi connectivity index (χ2n) is 8.76. The predicted molar refractivity (Wildman–Crippen MR) is 119 cm³/mol. The van der Waals surface area contributed by atoms with Gasteiger partial charge in [-0.1, -0.05) is 12.1 Å². The predicted octanol–water partition coefficient (Wildman–Crippen LogP) is 4.10. The van der Waals surface area contributed by atoms with Gasteiger partial charge in [0.05, 0.1) is 0 Å². The van der Waals surface area contributed by atoms with Gasteiger partial charge in [0.25, 0.3) is 5.91 Å². The summed E-state index contributed by atoms with van der Waals surface area (Å²) in [5.41, 5.74) is 3.10. The highest BCUT2D eigenvalue weighted by Gasteiger charge is 2.25. The summed E-state index contributed by atoms with van der Waals surface area (Å²) in [5, 5.41) is 0. The average molecular weight is 408 g/mol. The molecule has 2 aliphatic rings.